The molecular weight excluding hydrogens is 248 g/mol. The Labute approximate surface area is 118 Å². The predicted molar refractivity (Wildman–Crippen MR) is 80.5 cm³/mol. The molecule has 0 aliphatic rings. The summed E-state index contributed by atoms with van der Waals surface area (Å²) in [5, 5.41) is 4.69. The largest absolute Gasteiger partial charge is 0.336 e. The molecule has 1 aromatic carbocycles. The summed E-state index contributed by atoms with van der Waals surface area (Å²) < 4.78 is 2.06. The number of benzene rings is 1. The van der Waals surface area contributed by atoms with Crippen LogP contribution in [0.3, 0.4) is 0 Å². The van der Waals surface area contributed by atoms with Crippen LogP contribution >= 0.6 is 0 Å². The summed E-state index contributed by atoms with van der Waals surface area (Å²) in [6.45, 7) is 2.99. The van der Waals surface area contributed by atoms with Crippen molar-refractivity contribution in [3.05, 3.63) is 60.3 Å². The van der Waals surface area contributed by atoms with E-state index in [1.54, 1.807) is 0 Å². The lowest BCUT2D eigenvalue weighted by molar-refractivity contribution is 0.580. The summed E-state index contributed by atoms with van der Waals surface area (Å²) in [7, 11) is 2.02. The lowest BCUT2D eigenvalue weighted by atomic mass is 10.0. The van der Waals surface area contributed by atoms with Crippen LogP contribution in [0.4, 0.5) is 0 Å². The van der Waals surface area contributed by atoms with Crippen LogP contribution in [0.5, 0.6) is 0 Å². The third kappa shape index (κ3) is 2.18. The average molecular weight is 266 g/mol. The van der Waals surface area contributed by atoms with Crippen LogP contribution in [0.1, 0.15) is 24.4 Å². The van der Waals surface area contributed by atoms with E-state index in [1.165, 1.54) is 10.9 Å². The molecule has 0 aliphatic heterocycles. The number of hydrogen-bond donors (Lipinski definition) is 1. The van der Waals surface area contributed by atoms with Crippen molar-refractivity contribution >= 4 is 10.9 Å². The monoisotopic (exact) mass is 266 g/mol. The minimum Gasteiger partial charge on any atom is -0.336 e. The van der Waals surface area contributed by atoms with E-state index in [4.69, 9.17) is 0 Å². The molecule has 0 radical (unpaired) electrons. The lowest BCUT2D eigenvalue weighted by Gasteiger charge is -2.19. The Morgan fingerprint density at radius 2 is 2.05 bits per heavy atom. The number of pyridine rings is 1. The van der Waals surface area contributed by atoms with Crippen LogP contribution < -0.4 is 5.32 Å². The summed E-state index contributed by atoms with van der Waals surface area (Å²) in [6.07, 6.45) is 5.64. The molecule has 1 unspecified atom stereocenters. The average Bonchev–Trinajstić information content (AvgIpc) is 2.90. The van der Waals surface area contributed by atoms with Gasteiger partial charge in [0.15, 0.2) is 0 Å². The number of nitrogens with zero attached hydrogens (tertiary/aromatic N) is 3. The minimum atomic E-state index is 0.0768. The third-order valence-electron chi connectivity index (χ3n) is 3.52. The van der Waals surface area contributed by atoms with Gasteiger partial charge in [-0.25, -0.2) is 4.98 Å². The molecule has 2 aromatic heterocycles. The van der Waals surface area contributed by atoms with Crippen LogP contribution in [0.25, 0.3) is 10.9 Å². The maximum atomic E-state index is 4.50. The van der Waals surface area contributed by atoms with E-state index in [0.29, 0.717) is 0 Å². The second-order valence-electron chi connectivity index (χ2n) is 4.80. The maximum Gasteiger partial charge on any atom is 0.130 e. The summed E-state index contributed by atoms with van der Waals surface area (Å²) in [4.78, 5) is 8.93. The highest BCUT2D eigenvalue weighted by atomic mass is 15.1. The predicted octanol–water partition coefficient (Wildman–Crippen LogP) is 2.67. The first-order chi connectivity index (χ1) is 9.81. The second-order valence-corrected chi connectivity index (χ2v) is 4.80. The van der Waals surface area contributed by atoms with Gasteiger partial charge < -0.3 is 9.88 Å². The zero-order valence-electron chi connectivity index (χ0n) is 11.7. The smallest absolute Gasteiger partial charge is 0.130 e. The molecule has 0 fully saturated rings. The number of aromatic nitrogens is 3. The standard InChI is InChI=1S/C16H18N4/c1-3-17-15(16-19-10-11-20(16)2)13-6-4-8-14-12(13)7-5-9-18-14/h4-11,15,17H,3H2,1-2H3. The van der Waals surface area contributed by atoms with Gasteiger partial charge in [-0.3, -0.25) is 4.98 Å². The van der Waals surface area contributed by atoms with Crippen molar-refractivity contribution in [3.8, 4) is 0 Å². The van der Waals surface area contributed by atoms with Gasteiger partial charge in [0.25, 0.3) is 0 Å². The van der Waals surface area contributed by atoms with Crippen molar-refractivity contribution in [3.63, 3.8) is 0 Å². The molecule has 1 N–H and O–H groups in total. The minimum absolute atomic E-state index is 0.0768. The quantitative estimate of drug-likeness (QED) is 0.789. The van der Waals surface area contributed by atoms with Crippen molar-refractivity contribution < 1.29 is 0 Å². The fourth-order valence-electron chi connectivity index (χ4n) is 2.58. The number of imidazole rings is 1. The Morgan fingerprint density at radius 3 is 2.80 bits per heavy atom. The van der Waals surface area contributed by atoms with E-state index in [-0.39, 0.29) is 6.04 Å². The number of hydrogen-bond acceptors (Lipinski definition) is 3. The van der Waals surface area contributed by atoms with Crippen molar-refractivity contribution in [2.45, 2.75) is 13.0 Å². The summed E-state index contributed by atoms with van der Waals surface area (Å²) in [5.74, 6) is 1.02. The number of nitrogens with one attached hydrogen (secondary N) is 1. The van der Waals surface area contributed by atoms with Crippen molar-refractivity contribution in [2.75, 3.05) is 6.54 Å². The van der Waals surface area contributed by atoms with E-state index in [9.17, 15) is 0 Å². The molecule has 4 nitrogen and oxygen atoms in total. The first-order valence-corrected chi connectivity index (χ1v) is 6.85. The molecule has 1 atom stereocenters. The SMILES string of the molecule is CCNC(c1cccc2ncccc12)c1nccn1C. The Morgan fingerprint density at radius 1 is 1.15 bits per heavy atom. The molecule has 2 heterocycles. The van der Waals surface area contributed by atoms with E-state index in [1.807, 2.05) is 37.8 Å². The van der Waals surface area contributed by atoms with E-state index in [0.717, 1.165) is 17.9 Å². The molecule has 0 saturated carbocycles. The molecule has 0 spiro atoms. The Hall–Kier alpha value is -2.20. The molecule has 4 heteroatoms. The highest BCUT2D eigenvalue weighted by Crippen LogP contribution is 2.27. The zero-order chi connectivity index (χ0) is 13.9. The fraction of sp³-hybridized carbons (Fsp3) is 0.250. The highest BCUT2D eigenvalue weighted by Gasteiger charge is 2.19. The first kappa shape index (κ1) is 12.8. The van der Waals surface area contributed by atoms with Crippen LogP contribution in [-0.2, 0) is 7.05 Å². The normalized spacial score (nSPS) is 12.7. The molecule has 102 valence electrons. The summed E-state index contributed by atoms with van der Waals surface area (Å²) in [5.41, 5.74) is 2.23. The van der Waals surface area contributed by atoms with Crippen LogP contribution in [0, 0.1) is 0 Å². The summed E-state index contributed by atoms with van der Waals surface area (Å²) in [6, 6.07) is 10.4. The molecule has 3 rings (SSSR count). The van der Waals surface area contributed by atoms with Crippen molar-refractivity contribution in [1.29, 1.82) is 0 Å². The van der Waals surface area contributed by atoms with Gasteiger partial charge in [0.1, 0.15) is 5.82 Å². The van der Waals surface area contributed by atoms with Crippen molar-refractivity contribution in [1.82, 2.24) is 19.9 Å². The van der Waals surface area contributed by atoms with Gasteiger partial charge in [-0.05, 0) is 24.2 Å². The maximum absolute atomic E-state index is 4.50. The van der Waals surface area contributed by atoms with Gasteiger partial charge >= 0.3 is 0 Å². The molecule has 3 aromatic rings. The lowest BCUT2D eigenvalue weighted by Crippen LogP contribution is -2.25. The van der Waals surface area contributed by atoms with Gasteiger partial charge in [-0.15, -0.1) is 0 Å². The molecule has 0 amide bonds. The molecule has 0 aliphatic carbocycles. The first-order valence-electron chi connectivity index (χ1n) is 6.85. The van der Waals surface area contributed by atoms with E-state index < -0.39 is 0 Å². The highest BCUT2D eigenvalue weighted by molar-refractivity contribution is 5.82. The van der Waals surface area contributed by atoms with Gasteiger partial charge in [0, 0.05) is 31.0 Å². The van der Waals surface area contributed by atoms with Gasteiger partial charge in [0.05, 0.1) is 11.6 Å². The number of rotatable bonds is 4. The number of aryl methyl sites for hydroxylation is 1. The zero-order valence-corrected chi connectivity index (χ0v) is 11.7. The Kier molecular flexibility index (Phi) is 3.48. The summed E-state index contributed by atoms with van der Waals surface area (Å²) >= 11 is 0. The number of fused-ring (bicyclic) bond motifs is 1. The Bertz CT molecular complexity index is 712. The second kappa shape index (κ2) is 5.43. The molecule has 0 saturated heterocycles. The van der Waals surface area contributed by atoms with E-state index >= 15 is 0 Å². The van der Waals surface area contributed by atoms with Gasteiger partial charge in [-0.2, -0.15) is 0 Å². The molecule has 20 heavy (non-hydrogen) atoms. The van der Waals surface area contributed by atoms with Crippen LogP contribution in [0.2, 0.25) is 0 Å². The van der Waals surface area contributed by atoms with Gasteiger partial charge in [-0.1, -0.05) is 25.1 Å². The van der Waals surface area contributed by atoms with Crippen molar-refractivity contribution in [2.24, 2.45) is 7.05 Å². The molecule has 0 bridgehead atoms. The fourth-order valence-corrected chi connectivity index (χ4v) is 2.58. The van der Waals surface area contributed by atoms with Gasteiger partial charge in [0.2, 0.25) is 0 Å². The van der Waals surface area contributed by atoms with Crippen LogP contribution in [-0.4, -0.2) is 21.1 Å². The van der Waals surface area contributed by atoms with Crippen LogP contribution in [0.15, 0.2) is 48.9 Å². The topological polar surface area (TPSA) is 42.7 Å². The van der Waals surface area contributed by atoms with E-state index in [2.05, 4.69) is 45.0 Å². The third-order valence-corrected chi connectivity index (χ3v) is 3.52. The molecular formula is C16H18N4. The Balaban J connectivity index is 2.17.